The monoisotopic (exact) mass is 277 g/mol. The van der Waals surface area contributed by atoms with Crippen LogP contribution in [0.1, 0.15) is 18.9 Å². The summed E-state index contributed by atoms with van der Waals surface area (Å²) in [7, 11) is 1.69. The molecule has 1 fully saturated rings. The van der Waals surface area contributed by atoms with Crippen molar-refractivity contribution in [2.75, 3.05) is 18.6 Å². The normalized spacial score (nSPS) is 22.8. The minimum atomic E-state index is -0.152. The number of amides is 1. The number of benzene rings is 1. The van der Waals surface area contributed by atoms with Gasteiger partial charge in [-0.05, 0) is 25.5 Å². The Balaban J connectivity index is 2.29. The maximum atomic E-state index is 12.5. The average molecular weight is 277 g/mol. The van der Waals surface area contributed by atoms with Gasteiger partial charge in [0.2, 0.25) is 5.91 Å². The number of rotatable bonds is 3. The van der Waals surface area contributed by atoms with Crippen molar-refractivity contribution >= 4 is 17.4 Å². The molecule has 6 nitrogen and oxygen atoms in total. The molecular weight excluding hydrogens is 258 g/mol. The number of amidine groups is 1. The molecule has 0 radical (unpaired) electrons. The maximum Gasteiger partial charge on any atom is 0.232 e. The summed E-state index contributed by atoms with van der Waals surface area (Å²) in [6.45, 7) is 2.51. The summed E-state index contributed by atoms with van der Waals surface area (Å²) in [6.07, 6.45) is 0.636. The van der Waals surface area contributed by atoms with E-state index < -0.39 is 0 Å². The zero-order valence-electron chi connectivity index (χ0n) is 11.6. The lowest BCUT2D eigenvalue weighted by Crippen LogP contribution is -2.37. The van der Waals surface area contributed by atoms with Gasteiger partial charge in [-0.1, -0.05) is 17.3 Å². The first-order valence-electron chi connectivity index (χ1n) is 6.52. The number of para-hydroxylation sites is 1. The molecule has 1 aromatic carbocycles. The van der Waals surface area contributed by atoms with E-state index in [1.54, 1.807) is 30.1 Å². The van der Waals surface area contributed by atoms with Crippen molar-refractivity contribution in [2.45, 2.75) is 19.4 Å². The molecular formula is C14H19N3O3. The number of carbonyl (C=O) groups excluding carboxylic acids is 1. The van der Waals surface area contributed by atoms with Gasteiger partial charge in [0.15, 0.2) is 5.84 Å². The van der Waals surface area contributed by atoms with E-state index in [9.17, 15) is 4.79 Å². The molecule has 0 saturated carbocycles. The van der Waals surface area contributed by atoms with Gasteiger partial charge < -0.3 is 20.6 Å². The molecule has 1 aliphatic heterocycles. The van der Waals surface area contributed by atoms with Crippen LogP contribution >= 0.6 is 0 Å². The van der Waals surface area contributed by atoms with E-state index in [1.807, 2.05) is 13.0 Å². The first-order chi connectivity index (χ1) is 9.56. The second-order valence-electron chi connectivity index (χ2n) is 4.87. The van der Waals surface area contributed by atoms with Crippen LogP contribution in [0.4, 0.5) is 5.69 Å². The molecule has 1 amide bonds. The van der Waals surface area contributed by atoms with Gasteiger partial charge in [0.1, 0.15) is 0 Å². The van der Waals surface area contributed by atoms with Crippen LogP contribution in [0.5, 0.6) is 0 Å². The lowest BCUT2D eigenvalue weighted by molar-refractivity contribution is -0.123. The second-order valence-corrected chi connectivity index (χ2v) is 4.87. The highest BCUT2D eigenvalue weighted by Crippen LogP contribution is 2.26. The summed E-state index contributed by atoms with van der Waals surface area (Å²) in [5, 5.41) is 11.8. The van der Waals surface area contributed by atoms with E-state index in [0.29, 0.717) is 17.9 Å². The predicted molar refractivity (Wildman–Crippen MR) is 75.9 cm³/mol. The predicted octanol–water partition coefficient (Wildman–Crippen LogP) is 1.17. The van der Waals surface area contributed by atoms with Crippen LogP contribution in [0.2, 0.25) is 0 Å². The summed E-state index contributed by atoms with van der Waals surface area (Å²) in [5.74, 6) is -0.190. The fraction of sp³-hybridized carbons (Fsp3) is 0.429. The zero-order chi connectivity index (χ0) is 14.7. The van der Waals surface area contributed by atoms with Gasteiger partial charge in [0, 0.05) is 19.2 Å². The fourth-order valence-electron chi connectivity index (χ4n) is 2.46. The van der Waals surface area contributed by atoms with Gasteiger partial charge in [0.25, 0.3) is 0 Å². The van der Waals surface area contributed by atoms with Gasteiger partial charge in [-0.3, -0.25) is 4.79 Å². The molecule has 20 heavy (non-hydrogen) atoms. The summed E-state index contributed by atoms with van der Waals surface area (Å²) >= 11 is 0. The van der Waals surface area contributed by atoms with E-state index in [1.165, 1.54) is 0 Å². The van der Waals surface area contributed by atoms with Crippen molar-refractivity contribution in [3.05, 3.63) is 29.8 Å². The van der Waals surface area contributed by atoms with Crippen LogP contribution in [-0.2, 0) is 9.53 Å². The first kappa shape index (κ1) is 14.3. The Bertz CT molecular complexity index is 530. The van der Waals surface area contributed by atoms with Crippen molar-refractivity contribution in [2.24, 2.45) is 16.8 Å². The number of nitrogens with zero attached hydrogens (tertiary/aromatic N) is 2. The topological polar surface area (TPSA) is 88.2 Å². The Morgan fingerprint density at radius 1 is 1.50 bits per heavy atom. The number of oxime groups is 1. The van der Waals surface area contributed by atoms with Crippen LogP contribution < -0.4 is 10.6 Å². The molecule has 1 heterocycles. The minimum Gasteiger partial charge on any atom is -0.409 e. The van der Waals surface area contributed by atoms with Crippen LogP contribution in [0.25, 0.3) is 0 Å². The molecule has 1 saturated heterocycles. The zero-order valence-corrected chi connectivity index (χ0v) is 11.6. The van der Waals surface area contributed by atoms with Crippen molar-refractivity contribution < 1.29 is 14.7 Å². The van der Waals surface area contributed by atoms with Gasteiger partial charge >= 0.3 is 0 Å². The first-order valence-corrected chi connectivity index (χ1v) is 6.52. The standard InChI is InChI=1S/C14H19N3O3/c1-9-10(7-8-20-9)14(18)17(2)12-6-4-3-5-11(12)13(15)16-19/h3-6,9-10,19H,7-8H2,1-2H3,(H2,15,16). The molecule has 2 unspecified atom stereocenters. The minimum absolute atomic E-state index is 0.0176. The highest BCUT2D eigenvalue weighted by atomic mass is 16.5. The van der Waals surface area contributed by atoms with Crippen molar-refractivity contribution in [1.82, 2.24) is 0 Å². The van der Waals surface area contributed by atoms with Gasteiger partial charge in [0.05, 0.1) is 17.7 Å². The molecule has 6 heteroatoms. The molecule has 0 bridgehead atoms. The fourth-order valence-corrected chi connectivity index (χ4v) is 2.46. The average Bonchev–Trinajstić information content (AvgIpc) is 2.91. The summed E-state index contributed by atoms with van der Waals surface area (Å²) in [6, 6.07) is 7.06. The maximum absolute atomic E-state index is 12.5. The Hall–Kier alpha value is -2.08. The molecule has 3 N–H and O–H groups in total. The van der Waals surface area contributed by atoms with Crippen LogP contribution in [-0.4, -0.2) is 36.7 Å². The van der Waals surface area contributed by atoms with Gasteiger partial charge in [-0.25, -0.2) is 0 Å². The molecule has 2 atom stereocenters. The highest BCUT2D eigenvalue weighted by Gasteiger charge is 2.33. The Kier molecular flexibility index (Phi) is 4.24. The Morgan fingerprint density at radius 3 is 2.80 bits per heavy atom. The third-order valence-corrected chi connectivity index (χ3v) is 3.67. The number of ether oxygens (including phenoxy) is 1. The number of hydrogen-bond acceptors (Lipinski definition) is 4. The molecule has 1 aromatic rings. The number of hydrogen-bond donors (Lipinski definition) is 2. The molecule has 0 aromatic heterocycles. The smallest absolute Gasteiger partial charge is 0.232 e. The molecule has 1 aliphatic rings. The van der Waals surface area contributed by atoms with E-state index >= 15 is 0 Å². The van der Waals surface area contributed by atoms with Crippen molar-refractivity contribution in [1.29, 1.82) is 0 Å². The van der Waals surface area contributed by atoms with E-state index in [-0.39, 0.29) is 23.8 Å². The number of nitrogens with two attached hydrogens (primary N) is 1. The lowest BCUT2D eigenvalue weighted by atomic mass is 10.0. The van der Waals surface area contributed by atoms with Crippen LogP contribution in [0.15, 0.2) is 29.4 Å². The largest absolute Gasteiger partial charge is 0.409 e. The molecule has 0 spiro atoms. The highest BCUT2D eigenvalue weighted by molar-refractivity contribution is 6.06. The van der Waals surface area contributed by atoms with E-state index in [2.05, 4.69) is 5.16 Å². The van der Waals surface area contributed by atoms with Crippen molar-refractivity contribution in [3.8, 4) is 0 Å². The third kappa shape index (κ3) is 2.60. The Labute approximate surface area is 117 Å². The van der Waals surface area contributed by atoms with Gasteiger partial charge in [-0.2, -0.15) is 0 Å². The SMILES string of the molecule is CC1OCCC1C(=O)N(C)c1ccccc1/C(N)=N/O. The third-order valence-electron chi connectivity index (χ3n) is 3.67. The molecule has 108 valence electrons. The number of anilines is 1. The molecule has 2 rings (SSSR count). The Morgan fingerprint density at radius 2 is 2.20 bits per heavy atom. The van der Waals surface area contributed by atoms with Gasteiger partial charge in [-0.15, -0.1) is 0 Å². The van der Waals surface area contributed by atoms with Crippen molar-refractivity contribution in [3.63, 3.8) is 0 Å². The summed E-state index contributed by atoms with van der Waals surface area (Å²) in [4.78, 5) is 14.1. The van der Waals surface area contributed by atoms with Crippen LogP contribution in [0, 0.1) is 5.92 Å². The van der Waals surface area contributed by atoms with E-state index in [4.69, 9.17) is 15.7 Å². The summed E-state index contributed by atoms with van der Waals surface area (Å²) < 4.78 is 5.44. The number of carbonyl (C=O) groups is 1. The quantitative estimate of drug-likeness (QED) is 0.376. The molecule has 0 aliphatic carbocycles. The summed E-state index contributed by atoms with van der Waals surface area (Å²) in [5.41, 5.74) is 6.79. The second kappa shape index (κ2) is 5.92. The van der Waals surface area contributed by atoms with Crippen LogP contribution in [0.3, 0.4) is 0 Å². The lowest BCUT2D eigenvalue weighted by Gasteiger charge is -2.24. The van der Waals surface area contributed by atoms with E-state index in [0.717, 1.165) is 6.42 Å².